The molecule has 0 bridgehead atoms. The highest BCUT2D eigenvalue weighted by Crippen LogP contribution is 2.34. The second-order valence-electron chi connectivity index (χ2n) is 6.74. The quantitative estimate of drug-likeness (QED) is 0.743. The first-order valence-corrected chi connectivity index (χ1v) is 8.82. The van der Waals surface area contributed by atoms with E-state index in [4.69, 9.17) is 4.74 Å². The molecule has 1 N–H and O–H groups in total. The van der Waals surface area contributed by atoms with Gasteiger partial charge in [-0.2, -0.15) is 0 Å². The maximum atomic E-state index is 6.25. The Kier molecular flexibility index (Phi) is 6.57. The Labute approximate surface area is 125 Å². The molecular formula is C18H33NO. The zero-order chi connectivity index (χ0) is 14.3. The molecule has 1 heterocycles. The van der Waals surface area contributed by atoms with Gasteiger partial charge >= 0.3 is 0 Å². The van der Waals surface area contributed by atoms with Gasteiger partial charge in [0.05, 0.1) is 11.6 Å². The molecule has 0 aromatic carbocycles. The molecule has 1 aliphatic heterocycles. The molecule has 2 unspecified atom stereocenters. The van der Waals surface area contributed by atoms with Gasteiger partial charge in [-0.15, -0.1) is 0 Å². The molecule has 2 rings (SSSR count). The molecule has 0 spiro atoms. The van der Waals surface area contributed by atoms with E-state index in [1.54, 1.807) is 5.57 Å². The average molecular weight is 279 g/mol. The largest absolute Gasteiger partial charge is 0.373 e. The van der Waals surface area contributed by atoms with E-state index in [1.165, 1.54) is 64.2 Å². The predicted octanol–water partition coefficient (Wildman–Crippen LogP) is 4.59. The van der Waals surface area contributed by atoms with Crippen LogP contribution in [0.5, 0.6) is 0 Å². The van der Waals surface area contributed by atoms with Crippen molar-refractivity contribution >= 4 is 0 Å². The standard InChI is InChI=1S/C18H33NO/c1-3-14-19-17(18(2)13-9-10-15-20-18)16-11-7-5-4-6-8-12-16/h11,17,19H,3-10,12-15H2,1-2H3. The Bertz CT molecular complexity index is 305. The van der Waals surface area contributed by atoms with Crippen LogP contribution in [0.15, 0.2) is 11.6 Å². The fourth-order valence-electron chi connectivity index (χ4n) is 3.69. The van der Waals surface area contributed by atoms with Crippen molar-refractivity contribution in [3.8, 4) is 0 Å². The van der Waals surface area contributed by atoms with Crippen LogP contribution >= 0.6 is 0 Å². The van der Waals surface area contributed by atoms with Crippen molar-refractivity contribution in [3.05, 3.63) is 11.6 Å². The summed E-state index contributed by atoms with van der Waals surface area (Å²) in [7, 11) is 0. The molecule has 0 aromatic heterocycles. The van der Waals surface area contributed by atoms with Crippen LogP contribution in [0.2, 0.25) is 0 Å². The predicted molar refractivity (Wildman–Crippen MR) is 86.1 cm³/mol. The van der Waals surface area contributed by atoms with E-state index in [0.717, 1.165) is 13.2 Å². The van der Waals surface area contributed by atoms with Crippen molar-refractivity contribution in [1.82, 2.24) is 5.32 Å². The SMILES string of the molecule is CCCNC(C1=CCCCCCC1)C1(C)CCCCO1. The molecule has 0 saturated carbocycles. The highest BCUT2D eigenvalue weighted by molar-refractivity contribution is 5.18. The lowest BCUT2D eigenvalue weighted by molar-refractivity contribution is -0.0815. The third kappa shape index (κ3) is 4.33. The lowest BCUT2D eigenvalue weighted by Crippen LogP contribution is -2.53. The topological polar surface area (TPSA) is 21.3 Å². The normalized spacial score (nSPS) is 30.2. The van der Waals surface area contributed by atoms with Crippen LogP contribution in [0.25, 0.3) is 0 Å². The molecule has 1 fully saturated rings. The molecule has 2 heteroatoms. The molecule has 2 nitrogen and oxygen atoms in total. The van der Waals surface area contributed by atoms with E-state index in [-0.39, 0.29) is 5.60 Å². The molecule has 20 heavy (non-hydrogen) atoms. The van der Waals surface area contributed by atoms with Crippen molar-refractivity contribution in [1.29, 1.82) is 0 Å². The molecular weight excluding hydrogens is 246 g/mol. The van der Waals surface area contributed by atoms with Crippen molar-refractivity contribution in [2.24, 2.45) is 0 Å². The van der Waals surface area contributed by atoms with Crippen molar-refractivity contribution in [2.45, 2.75) is 89.7 Å². The fourth-order valence-corrected chi connectivity index (χ4v) is 3.69. The Morgan fingerprint density at radius 1 is 1.20 bits per heavy atom. The van der Waals surface area contributed by atoms with Crippen LogP contribution in [0.3, 0.4) is 0 Å². The summed E-state index contributed by atoms with van der Waals surface area (Å²) >= 11 is 0. The van der Waals surface area contributed by atoms with E-state index in [9.17, 15) is 0 Å². The Morgan fingerprint density at radius 3 is 2.80 bits per heavy atom. The number of ether oxygens (including phenoxy) is 1. The number of hydrogen-bond donors (Lipinski definition) is 1. The highest BCUT2D eigenvalue weighted by atomic mass is 16.5. The Hall–Kier alpha value is -0.340. The minimum atomic E-state index is 0.0124. The maximum absolute atomic E-state index is 6.25. The molecule has 2 aliphatic rings. The molecule has 0 radical (unpaired) electrons. The summed E-state index contributed by atoms with van der Waals surface area (Å²) in [5, 5.41) is 3.80. The molecule has 116 valence electrons. The van der Waals surface area contributed by atoms with Gasteiger partial charge < -0.3 is 10.1 Å². The summed E-state index contributed by atoms with van der Waals surface area (Å²) < 4.78 is 6.25. The van der Waals surface area contributed by atoms with Gasteiger partial charge in [-0.3, -0.25) is 0 Å². The van der Waals surface area contributed by atoms with Crippen LogP contribution in [0.1, 0.15) is 78.1 Å². The summed E-state index contributed by atoms with van der Waals surface area (Å²) in [5.41, 5.74) is 1.64. The van der Waals surface area contributed by atoms with Crippen LogP contribution in [-0.4, -0.2) is 24.8 Å². The van der Waals surface area contributed by atoms with E-state index in [0.29, 0.717) is 6.04 Å². The minimum absolute atomic E-state index is 0.0124. The molecule has 1 saturated heterocycles. The number of rotatable bonds is 5. The Morgan fingerprint density at radius 2 is 2.05 bits per heavy atom. The van der Waals surface area contributed by atoms with Gasteiger partial charge in [-0.05, 0) is 64.8 Å². The maximum Gasteiger partial charge on any atom is 0.0845 e. The van der Waals surface area contributed by atoms with E-state index in [1.807, 2.05) is 0 Å². The van der Waals surface area contributed by atoms with Gasteiger partial charge in [0.15, 0.2) is 0 Å². The van der Waals surface area contributed by atoms with Gasteiger partial charge in [0.2, 0.25) is 0 Å². The highest BCUT2D eigenvalue weighted by Gasteiger charge is 2.38. The van der Waals surface area contributed by atoms with E-state index in [2.05, 4.69) is 25.2 Å². The second-order valence-corrected chi connectivity index (χ2v) is 6.74. The molecule has 1 aliphatic carbocycles. The fraction of sp³-hybridized carbons (Fsp3) is 0.889. The minimum Gasteiger partial charge on any atom is -0.373 e. The summed E-state index contributed by atoms with van der Waals surface area (Å²) in [6.45, 7) is 6.62. The number of nitrogens with one attached hydrogen (secondary N) is 1. The lowest BCUT2D eigenvalue weighted by atomic mass is 9.81. The zero-order valence-corrected chi connectivity index (χ0v) is 13.5. The Balaban J connectivity index is 2.11. The van der Waals surface area contributed by atoms with Crippen molar-refractivity contribution in [3.63, 3.8) is 0 Å². The van der Waals surface area contributed by atoms with Gasteiger partial charge in [-0.1, -0.05) is 31.4 Å². The third-order valence-electron chi connectivity index (χ3n) is 4.91. The molecule has 0 aromatic rings. The van der Waals surface area contributed by atoms with Crippen LogP contribution in [0.4, 0.5) is 0 Å². The summed E-state index contributed by atoms with van der Waals surface area (Å²) in [6.07, 6.45) is 15.5. The van der Waals surface area contributed by atoms with Crippen LogP contribution in [0, 0.1) is 0 Å². The first-order valence-electron chi connectivity index (χ1n) is 8.82. The van der Waals surface area contributed by atoms with Gasteiger partial charge in [0.1, 0.15) is 0 Å². The zero-order valence-electron chi connectivity index (χ0n) is 13.5. The van der Waals surface area contributed by atoms with Crippen LogP contribution < -0.4 is 5.32 Å². The van der Waals surface area contributed by atoms with Gasteiger partial charge in [0, 0.05) is 6.61 Å². The number of allylic oxidation sites excluding steroid dienone is 1. The summed E-state index contributed by atoms with van der Waals surface area (Å²) in [6, 6.07) is 0.431. The van der Waals surface area contributed by atoms with E-state index >= 15 is 0 Å². The van der Waals surface area contributed by atoms with Crippen LogP contribution in [-0.2, 0) is 4.74 Å². The summed E-state index contributed by atoms with van der Waals surface area (Å²) in [4.78, 5) is 0. The van der Waals surface area contributed by atoms with Crippen molar-refractivity contribution in [2.75, 3.05) is 13.2 Å². The number of hydrogen-bond acceptors (Lipinski definition) is 2. The van der Waals surface area contributed by atoms with Gasteiger partial charge in [0.25, 0.3) is 0 Å². The van der Waals surface area contributed by atoms with E-state index < -0.39 is 0 Å². The first kappa shape index (κ1) is 16.0. The average Bonchev–Trinajstić information content (AvgIpc) is 2.41. The molecule has 2 atom stereocenters. The molecule has 0 amide bonds. The smallest absolute Gasteiger partial charge is 0.0845 e. The lowest BCUT2D eigenvalue weighted by Gasteiger charge is -2.42. The summed E-state index contributed by atoms with van der Waals surface area (Å²) in [5.74, 6) is 0. The van der Waals surface area contributed by atoms with Gasteiger partial charge in [-0.25, -0.2) is 0 Å². The third-order valence-corrected chi connectivity index (χ3v) is 4.91. The monoisotopic (exact) mass is 279 g/mol. The first-order chi connectivity index (χ1) is 9.76. The second kappa shape index (κ2) is 8.19. The van der Waals surface area contributed by atoms with Crippen molar-refractivity contribution < 1.29 is 4.74 Å².